The second kappa shape index (κ2) is 9.58. The van der Waals surface area contributed by atoms with Gasteiger partial charge in [-0.3, -0.25) is 9.69 Å². The van der Waals surface area contributed by atoms with Crippen LogP contribution >= 0.6 is 0 Å². The standard InChI is InChI=1S/C24H29FN4O2/c1-3-31-21-10-6-19(7-11-21)23-14-22(18-4-8-20(25)9-5-18)27-29(23)24(30)16-28-13-12-26-15-17(28)2/h4-11,17,23,26H,3,12-16H2,1-2H3/t17-,23+/m1/s1. The number of piperazine rings is 1. The van der Waals surface area contributed by atoms with Crippen molar-refractivity contribution < 1.29 is 13.9 Å². The van der Waals surface area contributed by atoms with E-state index in [2.05, 4.69) is 17.1 Å². The van der Waals surface area contributed by atoms with Gasteiger partial charge in [0.05, 0.1) is 24.9 Å². The first kappa shape index (κ1) is 21.5. The molecule has 2 aromatic rings. The minimum absolute atomic E-state index is 0.0234. The second-order valence-electron chi connectivity index (χ2n) is 8.04. The molecular formula is C24H29FN4O2. The van der Waals surface area contributed by atoms with Gasteiger partial charge in [-0.2, -0.15) is 5.10 Å². The molecule has 164 valence electrons. The maximum atomic E-state index is 13.4. The minimum atomic E-state index is -0.286. The molecule has 1 saturated heterocycles. The molecule has 0 spiro atoms. The lowest BCUT2D eigenvalue weighted by Gasteiger charge is -2.34. The van der Waals surface area contributed by atoms with Crippen LogP contribution in [0.15, 0.2) is 53.6 Å². The summed E-state index contributed by atoms with van der Waals surface area (Å²) < 4.78 is 18.9. The zero-order chi connectivity index (χ0) is 21.8. The van der Waals surface area contributed by atoms with Gasteiger partial charge in [-0.05, 0) is 49.2 Å². The van der Waals surface area contributed by atoms with Gasteiger partial charge in [-0.1, -0.05) is 24.3 Å². The number of halogens is 1. The van der Waals surface area contributed by atoms with Gasteiger partial charge in [0.25, 0.3) is 5.91 Å². The number of carbonyl (C=O) groups excluding carboxylic acids is 1. The smallest absolute Gasteiger partial charge is 0.257 e. The molecule has 0 unspecified atom stereocenters. The fourth-order valence-electron chi connectivity index (χ4n) is 4.13. The lowest BCUT2D eigenvalue weighted by molar-refractivity contribution is -0.135. The zero-order valence-electron chi connectivity index (χ0n) is 18.1. The molecule has 0 aromatic heterocycles. The Labute approximate surface area is 182 Å². The van der Waals surface area contributed by atoms with Crippen molar-refractivity contribution in [1.29, 1.82) is 0 Å². The molecule has 0 saturated carbocycles. The molecule has 6 nitrogen and oxygen atoms in total. The van der Waals surface area contributed by atoms with Crippen molar-refractivity contribution in [3.63, 3.8) is 0 Å². The van der Waals surface area contributed by atoms with Gasteiger partial charge in [0.15, 0.2) is 0 Å². The highest BCUT2D eigenvalue weighted by molar-refractivity contribution is 6.03. The van der Waals surface area contributed by atoms with Crippen LogP contribution in [0.5, 0.6) is 5.75 Å². The number of amides is 1. The maximum Gasteiger partial charge on any atom is 0.257 e. The second-order valence-corrected chi connectivity index (χ2v) is 8.04. The van der Waals surface area contributed by atoms with Gasteiger partial charge in [-0.15, -0.1) is 0 Å². The van der Waals surface area contributed by atoms with Crippen molar-refractivity contribution in [2.75, 3.05) is 32.8 Å². The fourth-order valence-corrected chi connectivity index (χ4v) is 4.13. The average molecular weight is 425 g/mol. The van der Waals surface area contributed by atoms with Crippen LogP contribution in [0, 0.1) is 5.82 Å². The van der Waals surface area contributed by atoms with Crippen molar-refractivity contribution >= 4 is 11.6 Å². The highest BCUT2D eigenvalue weighted by Gasteiger charge is 2.34. The van der Waals surface area contributed by atoms with E-state index < -0.39 is 0 Å². The van der Waals surface area contributed by atoms with Crippen LogP contribution in [-0.4, -0.2) is 60.4 Å². The lowest BCUT2D eigenvalue weighted by atomic mass is 9.98. The first-order valence-electron chi connectivity index (χ1n) is 10.9. The number of nitrogens with zero attached hydrogens (tertiary/aromatic N) is 3. The molecule has 1 fully saturated rings. The summed E-state index contributed by atoms with van der Waals surface area (Å²) in [7, 11) is 0. The van der Waals surface area contributed by atoms with E-state index >= 15 is 0 Å². The number of nitrogens with one attached hydrogen (secondary N) is 1. The zero-order valence-corrected chi connectivity index (χ0v) is 18.1. The summed E-state index contributed by atoms with van der Waals surface area (Å²) in [6.45, 7) is 7.60. The third-order valence-electron chi connectivity index (χ3n) is 5.90. The molecule has 7 heteroatoms. The first-order chi connectivity index (χ1) is 15.0. The van der Waals surface area contributed by atoms with E-state index in [0.717, 1.165) is 42.2 Å². The fraction of sp³-hybridized carbons (Fsp3) is 0.417. The number of ether oxygens (including phenoxy) is 1. The average Bonchev–Trinajstić information content (AvgIpc) is 3.22. The Morgan fingerprint density at radius 1 is 1.19 bits per heavy atom. The Morgan fingerprint density at radius 3 is 2.61 bits per heavy atom. The van der Waals surface area contributed by atoms with Crippen LogP contribution in [-0.2, 0) is 4.79 Å². The predicted molar refractivity (Wildman–Crippen MR) is 119 cm³/mol. The lowest BCUT2D eigenvalue weighted by Crippen LogP contribution is -2.52. The van der Waals surface area contributed by atoms with Crippen LogP contribution in [0.25, 0.3) is 0 Å². The monoisotopic (exact) mass is 424 g/mol. The van der Waals surface area contributed by atoms with Gasteiger partial charge < -0.3 is 10.1 Å². The van der Waals surface area contributed by atoms with Crippen molar-refractivity contribution in [2.45, 2.75) is 32.4 Å². The highest BCUT2D eigenvalue weighted by atomic mass is 19.1. The van der Waals surface area contributed by atoms with Crippen LogP contribution in [0.3, 0.4) is 0 Å². The molecule has 1 amide bonds. The van der Waals surface area contributed by atoms with Gasteiger partial charge >= 0.3 is 0 Å². The van der Waals surface area contributed by atoms with Crippen molar-refractivity contribution in [3.8, 4) is 5.75 Å². The molecule has 2 heterocycles. The molecule has 2 aromatic carbocycles. The summed E-state index contributed by atoms with van der Waals surface area (Å²) in [4.78, 5) is 15.5. The van der Waals surface area contributed by atoms with Crippen LogP contribution in [0.2, 0.25) is 0 Å². The molecule has 0 radical (unpaired) electrons. The number of carbonyl (C=O) groups is 1. The molecular weight excluding hydrogens is 395 g/mol. The van der Waals surface area contributed by atoms with E-state index in [0.29, 0.717) is 25.6 Å². The predicted octanol–water partition coefficient (Wildman–Crippen LogP) is 3.20. The summed E-state index contributed by atoms with van der Waals surface area (Å²) in [5.41, 5.74) is 2.63. The quantitative estimate of drug-likeness (QED) is 0.774. The van der Waals surface area contributed by atoms with Crippen LogP contribution in [0.4, 0.5) is 4.39 Å². The molecule has 2 aliphatic rings. The number of hydrazone groups is 1. The molecule has 2 aliphatic heterocycles. The van der Waals surface area contributed by atoms with Gasteiger partial charge in [0.2, 0.25) is 0 Å². The molecule has 2 atom stereocenters. The largest absolute Gasteiger partial charge is 0.494 e. The molecule has 1 N–H and O–H groups in total. The van der Waals surface area contributed by atoms with Crippen molar-refractivity contribution in [3.05, 3.63) is 65.5 Å². The summed E-state index contributed by atoms with van der Waals surface area (Å²) in [5, 5.41) is 9.67. The van der Waals surface area contributed by atoms with E-state index in [1.807, 2.05) is 31.2 Å². The highest BCUT2D eigenvalue weighted by Crippen LogP contribution is 2.34. The Bertz CT molecular complexity index is 930. The maximum absolute atomic E-state index is 13.4. The van der Waals surface area contributed by atoms with E-state index in [1.54, 1.807) is 17.1 Å². The van der Waals surface area contributed by atoms with E-state index in [1.165, 1.54) is 12.1 Å². The van der Waals surface area contributed by atoms with E-state index in [9.17, 15) is 9.18 Å². The van der Waals surface area contributed by atoms with Crippen LogP contribution in [0.1, 0.15) is 37.4 Å². The normalized spacial score (nSPS) is 21.8. The SMILES string of the molecule is CCOc1ccc([C@@H]2CC(c3ccc(F)cc3)=NN2C(=O)CN2CCNC[C@H]2C)cc1. The molecule has 31 heavy (non-hydrogen) atoms. The summed E-state index contributed by atoms with van der Waals surface area (Å²) in [5.74, 6) is 0.493. The topological polar surface area (TPSA) is 57.2 Å². The van der Waals surface area contributed by atoms with Crippen molar-refractivity contribution in [1.82, 2.24) is 15.2 Å². The Hall–Kier alpha value is -2.77. The number of hydrogen-bond acceptors (Lipinski definition) is 5. The first-order valence-corrected chi connectivity index (χ1v) is 10.9. The summed E-state index contributed by atoms with van der Waals surface area (Å²) in [6.07, 6.45) is 0.586. The summed E-state index contributed by atoms with van der Waals surface area (Å²) in [6, 6.07) is 14.2. The van der Waals surface area contributed by atoms with Gasteiger partial charge in [0, 0.05) is 32.1 Å². The van der Waals surface area contributed by atoms with E-state index in [4.69, 9.17) is 9.84 Å². The minimum Gasteiger partial charge on any atom is -0.494 e. The van der Waals surface area contributed by atoms with E-state index in [-0.39, 0.29) is 17.8 Å². The number of rotatable bonds is 6. The van der Waals surface area contributed by atoms with Gasteiger partial charge in [0.1, 0.15) is 11.6 Å². The molecule has 0 aliphatic carbocycles. The third kappa shape index (κ3) is 4.94. The number of benzene rings is 2. The molecule has 4 rings (SSSR count). The number of hydrogen-bond donors (Lipinski definition) is 1. The Morgan fingerprint density at radius 2 is 1.94 bits per heavy atom. The van der Waals surface area contributed by atoms with Gasteiger partial charge in [-0.25, -0.2) is 9.40 Å². The Kier molecular flexibility index (Phi) is 6.63. The van der Waals surface area contributed by atoms with Crippen molar-refractivity contribution in [2.24, 2.45) is 5.10 Å². The third-order valence-corrected chi connectivity index (χ3v) is 5.90. The Balaban J connectivity index is 1.59. The summed E-state index contributed by atoms with van der Waals surface area (Å²) >= 11 is 0. The molecule has 0 bridgehead atoms. The van der Waals surface area contributed by atoms with Crippen LogP contribution < -0.4 is 10.1 Å².